The average Bonchev–Trinajstić information content (AvgIpc) is 2.65. The van der Waals surface area contributed by atoms with Crippen molar-refractivity contribution >= 4 is 35.8 Å². The van der Waals surface area contributed by atoms with Gasteiger partial charge in [-0.15, -0.1) is 24.0 Å². The quantitative estimate of drug-likeness (QED) is 0.327. The topological polar surface area (TPSA) is 60.0 Å². The average molecular weight is 523 g/mol. The Labute approximate surface area is 189 Å². The van der Waals surface area contributed by atoms with Crippen LogP contribution in [0.4, 0.5) is 8.78 Å². The Morgan fingerprint density at radius 2 is 1.97 bits per heavy atom. The molecule has 1 heterocycles. The van der Waals surface area contributed by atoms with Gasteiger partial charge in [0.15, 0.2) is 5.96 Å². The van der Waals surface area contributed by atoms with Gasteiger partial charge in [-0.25, -0.2) is 8.78 Å². The lowest BCUT2D eigenvalue weighted by atomic mass is 10.1. The van der Waals surface area contributed by atoms with Crippen LogP contribution in [0.25, 0.3) is 0 Å². The van der Waals surface area contributed by atoms with Crippen molar-refractivity contribution in [1.82, 2.24) is 20.4 Å². The maximum absolute atomic E-state index is 13.7. The van der Waals surface area contributed by atoms with Crippen LogP contribution in [0.2, 0.25) is 0 Å². The van der Waals surface area contributed by atoms with Gasteiger partial charge in [-0.1, -0.05) is 6.07 Å². The van der Waals surface area contributed by atoms with E-state index in [0.29, 0.717) is 31.0 Å². The van der Waals surface area contributed by atoms with Gasteiger partial charge in [0.05, 0.1) is 6.54 Å². The monoisotopic (exact) mass is 523 g/mol. The molecule has 0 aliphatic carbocycles. The Morgan fingerprint density at radius 1 is 1.28 bits per heavy atom. The molecule has 6 nitrogen and oxygen atoms in total. The van der Waals surface area contributed by atoms with Crippen LogP contribution < -0.4 is 10.6 Å². The molecule has 0 bridgehead atoms. The van der Waals surface area contributed by atoms with Crippen molar-refractivity contribution in [2.24, 2.45) is 4.99 Å². The van der Waals surface area contributed by atoms with Gasteiger partial charge < -0.3 is 15.5 Å². The summed E-state index contributed by atoms with van der Waals surface area (Å²) in [5, 5.41) is 6.64. The summed E-state index contributed by atoms with van der Waals surface area (Å²) in [4.78, 5) is 20.1. The first-order valence-electron chi connectivity index (χ1n) is 9.80. The number of carbonyl (C=O) groups excluding carboxylic acids is 1. The van der Waals surface area contributed by atoms with Crippen LogP contribution in [0.15, 0.2) is 23.2 Å². The van der Waals surface area contributed by atoms with E-state index >= 15 is 0 Å². The molecule has 1 saturated heterocycles. The second-order valence-electron chi connectivity index (χ2n) is 7.23. The summed E-state index contributed by atoms with van der Waals surface area (Å²) in [5.74, 6) is -0.284. The van der Waals surface area contributed by atoms with Crippen LogP contribution in [0.1, 0.15) is 25.3 Å². The van der Waals surface area contributed by atoms with Gasteiger partial charge in [-0.3, -0.25) is 14.7 Å². The number of halogens is 3. The maximum atomic E-state index is 13.7. The molecule has 1 amide bonds. The zero-order valence-electron chi connectivity index (χ0n) is 17.4. The largest absolute Gasteiger partial charge is 0.357 e. The Balaban J connectivity index is 0.00000420. The van der Waals surface area contributed by atoms with Crippen molar-refractivity contribution in [2.75, 3.05) is 46.8 Å². The number of hydrogen-bond donors (Lipinski definition) is 2. The maximum Gasteiger partial charge on any atom is 0.236 e. The number of carbonyl (C=O) groups is 1. The van der Waals surface area contributed by atoms with Crippen LogP contribution >= 0.6 is 24.0 Å². The predicted molar refractivity (Wildman–Crippen MR) is 123 cm³/mol. The van der Waals surface area contributed by atoms with E-state index in [9.17, 15) is 13.6 Å². The number of likely N-dealkylation sites (N-methyl/N-ethyl adjacent to an activating group) is 1. The number of nitrogens with zero attached hydrogens (tertiary/aromatic N) is 3. The minimum atomic E-state index is -0.571. The Hall–Kier alpha value is -1.49. The summed E-state index contributed by atoms with van der Waals surface area (Å²) in [6.45, 7) is 5.30. The zero-order chi connectivity index (χ0) is 20.5. The van der Waals surface area contributed by atoms with E-state index < -0.39 is 11.6 Å². The highest BCUT2D eigenvalue weighted by Gasteiger charge is 2.22. The van der Waals surface area contributed by atoms with Gasteiger partial charge in [0.2, 0.25) is 5.91 Å². The summed E-state index contributed by atoms with van der Waals surface area (Å²) < 4.78 is 26.7. The molecule has 1 fully saturated rings. The minimum Gasteiger partial charge on any atom is -0.357 e. The standard InChI is InChI=1S/C20H31F2N5O.HI/c1-4-23-20(24-10-7-15-5-6-16(21)13-18(15)22)25-17-8-11-27(12-9-17)14-19(28)26(2)3;/h5-6,13,17H,4,7-12,14H2,1-3H3,(H2,23,24,25);1H. The van der Waals surface area contributed by atoms with Crippen molar-refractivity contribution < 1.29 is 13.6 Å². The molecule has 2 N–H and O–H groups in total. The van der Waals surface area contributed by atoms with E-state index in [2.05, 4.69) is 20.5 Å². The highest BCUT2D eigenvalue weighted by molar-refractivity contribution is 14.0. The van der Waals surface area contributed by atoms with Gasteiger partial charge >= 0.3 is 0 Å². The highest BCUT2D eigenvalue weighted by Crippen LogP contribution is 2.11. The number of guanidine groups is 1. The van der Waals surface area contributed by atoms with E-state index in [-0.39, 0.29) is 35.9 Å². The number of amides is 1. The summed E-state index contributed by atoms with van der Waals surface area (Å²) in [6.07, 6.45) is 2.27. The fraction of sp³-hybridized carbons (Fsp3) is 0.600. The summed E-state index contributed by atoms with van der Waals surface area (Å²) >= 11 is 0. The number of likely N-dealkylation sites (tertiary alicyclic amines) is 1. The first kappa shape index (κ1) is 25.5. The molecule has 2 rings (SSSR count). The van der Waals surface area contributed by atoms with E-state index in [0.717, 1.165) is 38.5 Å². The molecule has 0 saturated carbocycles. The lowest BCUT2D eigenvalue weighted by Crippen LogP contribution is -2.50. The Kier molecular flexibility index (Phi) is 11.4. The lowest BCUT2D eigenvalue weighted by Gasteiger charge is -2.33. The molecule has 0 atom stereocenters. The van der Waals surface area contributed by atoms with E-state index in [1.165, 1.54) is 12.1 Å². The Morgan fingerprint density at radius 3 is 2.55 bits per heavy atom. The molecule has 0 unspecified atom stereocenters. The molecule has 9 heteroatoms. The van der Waals surface area contributed by atoms with Crippen LogP contribution in [-0.2, 0) is 11.2 Å². The molecule has 1 aliphatic heterocycles. The molecule has 29 heavy (non-hydrogen) atoms. The molecule has 0 aromatic heterocycles. The third-order valence-electron chi connectivity index (χ3n) is 4.80. The second kappa shape index (κ2) is 12.9. The molecular weight excluding hydrogens is 491 g/mol. The third-order valence-corrected chi connectivity index (χ3v) is 4.80. The highest BCUT2D eigenvalue weighted by atomic mass is 127. The molecule has 1 aromatic rings. The molecule has 0 spiro atoms. The van der Waals surface area contributed by atoms with Crippen LogP contribution in [0.5, 0.6) is 0 Å². The van der Waals surface area contributed by atoms with E-state index in [1.54, 1.807) is 19.0 Å². The zero-order valence-corrected chi connectivity index (χ0v) is 19.7. The van der Waals surface area contributed by atoms with Crippen LogP contribution in [0, 0.1) is 11.6 Å². The van der Waals surface area contributed by atoms with Crippen LogP contribution in [0.3, 0.4) is 0 Å². The van der Waals surface area contributed by atoms with E-state index in [1.807, 2.05) is 6.92 Å². The van der Waals surface area contributed by atoms with Crippen molar-refractivity contribution in [3.05, 3.63) is 35.4 Å². The number of benzene rings is 1. The minimum absolute atomic E-state index is 0. The van der Waals surface area contributed by atoms with Gasteiger partial charge in [-0.05, 0) is 37.8 Å². The normalized spacial score (nSPS) is 15.6. The summed E-state index contributed by atoms with van der Waals surface area (Å²) in [5.41, 5.74) is 0.458. The number of nitrogens with one attached hydrogen (secondary N) is 2. The van der Waals surface area contributed by atoms with Crippen molar-refractivity contribution in [2.45, 2.75) is 32.2 Å². The fourth-order valence-electron chi connectivity index (χ4n) is 3.09. The molecule has 0 radical (unpaired) electrons. The Bertz CT molecular complexity index is 679. The molecule has 1 aromatic carbocycles. The van der Waals surface area contributed by atoms with E-state index in [4.69, 9.17) is 0 Å². The van der Waals surface area contributed by atoms with Crippen molar-refractivity contribution in [3.8, 4) is 0 Å². The smallest absolute Gasteiger partial charge is 0.236 e. The number of piperidine rings is 1. The first-order valence-corrected chi connectivity index (χ1v) is 9.80. The van der Waals surface area contributed by atoms with Crippen molar-refractivity contribution in [1.29, 1.82) is 0 Å². The van der Waals surface area contributed by atoms with Crippen molar-refractivity contribution in [3.63, 3.8) is 0 Å². The number of hydrogen-bond acceptors (Lipinski definition) is 3. The van der Waals surface area contributed by atoms with Gasteiger partial charge in [-0.2, -0.15) is 0 Å². The predicted octanol–water partition coefficient (Wildman–Crippen LogP) is 2.23. The third kappa shape index (κ3) is 8.81. The first-order chi connectivity index (χ1) is 13.4. The van der Waals surface area contributed by atoms with Gasteiger partial charge in [0.1, 0.15) is 11.6 Å². The molecule has 1 aliphatic rings. The van der Waals surface area contributed by atoms with Gasteiger partial charge in [0.25, 0.3) is 0 Å². The molecular formula is C20H32F2IN5O. The second-order valence-corrected chi connectivity index (χ2v) is 7.23. The number of rotatable bonds is 7. The lowest BCUT2D eigenvalue weighted by molar-refractivity contribution is -0.130. The summed E-state index contributed by atoms with van der Waals surface area (Å²) in [7, 11) is 3.54. The fourth-order valence-corrected chi connectivity index (χ4v) is 3.09. The van der Waals surface area contributed by atoms with Gasteiger partial charge in [0, 0.05) is 52.4 Å². The molecule has 164 valence electrons. The SMILES string of the molecule is CCNC(=NCCc1ccc(F)cc1F)NC1CCN(CC(=O)N(C)C)CC1.I. The number of aliphatic imine (C=N–C) groups is 1. The van der Waals surface area contributed by atoms with Crippen LogP contribution in [-0.4, -0.2) is 74.5 Å². The summed E-state index contributed by atoms with van der Waals surface area (Å²) in [6, 6.07) is 3.91.